The third-order valence-corrected chi connectivity index (χ3v) is 6.98. The zero-order valence-electron chi connectivity index (χ0n) is 21.2. The van der Waals surface area contributed by atoms with Gasteiger partial charge in [0.25, 0.3) is 0 Å². The van der Waals surface area contributed by atoms with Crippen LogP contribution in [0.4, 0.5) is 16.2 Å². The van der Waals surface area contributed by atoms with E-state index in [0.717, 1.165) is 51.9 Å². The number of benzene rings is 3. The third-order valence-electron chi connectivity index (χ3n) is 6.98. The van der Waals surface area contributed by atoms with Gasteiger partial charge in [-0.25, -0.2) is 4.79 Å². The second kappa shape index (κ2) is 11.4. The van der Waals surface area contributed by atoms with E-state index in [1.807, 2.05) is 55.6 Å². The molecule has 0 radical (unpaired) electrons. The molecule has 196 valence electrons. The molecule has 0 spiro atoms. The molecule has 1 unspecified atom stereocenters. The maximum atomic E-state index is 12.5. The number of nitrogens with zero attached hydrogens (tertiary/aromatic N) is 2. The molecular weight excluding hydrogens is 484 g/mol. The zero-order chi connectivity index (χ0) is 26.5. The first-order valence-corrected chi connectivity index (χ1v) is 12.6. The number of ether oxygens (including phenoxy) is 2. The second-order valence-electron chi connectivity index (χ2n) is 9.35. The SMILES string of the molecule is Cc1c(NC(=O)OCc2ccccc2)cccc1C(C[N+](=O)[O-])c1c[nH]c2ccc(N3CCOCC3)cc12. The highest BCUT2D eigenvalue weighted by Crippen LogP contribution is 2.36. The van der Waals surface area contributed by atoms with Crippen LogP contribution in [0.1, 0.15) is 28.2 Å². The van der Waals surface area contributed by atoms with Gasteiger partial charge in [0.05, 0.1) is 19.1 Å². The Bertz CT molecular complexity index is 1430. The van der Waals surface area contributed by atoms with Crippen molar-refractivity contribution in [2.24, 2.45) is 0 Å². The Morgan fingerprint density at radius 1 is 1.11 bits per heavy atom. The van der Waals surface area contributed by atoms with Crippen LogP contribution in [0.5, 0.6) is 0 Å². The standard InChI is InChI=1S/C29H30N4O5/c1-20-23(8-5-9-27(20)31-29(34)38-19-21-6-3-2-4-7-21)26(18-33(35)36)25-17-30-28-11-10-22(16-24(25)28)32-12-14-37-15-13-32/h2-11,16-17,26,30H,12-15,18-19H2,1H3,(H,31,34). The molecule has 9 nitrogen and oxygen atoms in total. The highest BCUT2D eigenvalue weighted by molar-refractivity contribution is 5.88. The van der Waals surface area contributed by atoms with Crippen LogP contribution < -0.4 is 10.2 Å². The van der Waals surface area contributed by atoms with Crippen LogP contribution in [0.3, 0.4) is 0 Å². The van der Waals surface area contributed by atoms with Gasteiger partial charge in [0.15, 0.2) is 0 Å². The summed E-state index contributed by atoms with van der Waals surface area (Å²) in [5.41, 5.74) is 5.81. The van der Waals surface area contributed by atoms with E-state index in [4.69, 9.17) is 9.47 Å². The van der Waals surface area contributed by atoms with Gasteiger partial charge in [-0.1, -0.05) is 42.5 Å². The Morgan fingerprint density at radius 3 is 2.66 bits per heavy atom. The maximum Gasteiger partial charge on any atom is 0.411 e. The van der Waals surface area contributed by atoms with Crippen LogP contribution in [-0.2, 0) is 16.1 Å². The summed E-state index contributed by atoms with van der Waals surface area (Å²) in [4.78, 5) is 29.6. The molecule has 0 saturated carbocycles. The Morgan fingerprint density at radius 2 is 1.89 bits per heavy atom. The number of carbonyl (C=O) groups is 1. The monoisotopic (exact) mass is 514 g/mol. The largest absolute Gasteiger partial charge is 0.444 e. The van der Waals surface area contributed by atoms with Crippen LogP contribution in [-0.4, -0.2) is 48.8 Å². The summed E-state index contributed by atoms with van der Waals surface area (Å²) in [6, 6.07) is 21.1. The minimum absolute atomic E-state index is 0.149. The molecule has 4 aromatic rings. The van der Waals surface area contributed by atoms with Crippen molar-refractivity contribution >= 4 is 28.4 Å². The van der Waals surface area contributed by atoms with E-state index in [0.29, 0.717) is 18.9 Å². The lowest BCUT2D eigenvalue weighted by molar-refractivity contribution is -0.481. The summed E-state index contributed by atoms with van der Waals surface area (Å²) in [6.45, 7) is 4.69. The number of morpholine rings is 1. The first kappa shape index (κ1) is 25.3. The van der Waals surface area contributed by atoms with Gasteiger partial charge in [0.1, 0.15) is 6.61 Å². The summed E-state index contributed by atoms with van der Waals surface area (Å²) in [5, 5.41) is 15.6. The van der Waals surface area contributed by atoms with Crippen molar-refractivity contribution in [3.05, 3.63) is 105 Å². The van der Waals surface area contributed by atoms with Gasteiger partial charge in [-0.15, -0.1) is 0 Å². The summed E-state index contributed by atoms with van der Waals surface area (Å²) >= 11 is 0. The predicted octanol–water partition coefficient (Wildman–Crippen LogP) is 5.47. The van der Waals surface area contributed by atoms with E-state index in [9.17, 15) is 14.9 Å². The third kappa shape index (κ3) is 5.63. The number of rotatable bonds is 8. The molecule has 1 fully saturated rings. The number of hydrogen-bond acceptors (Lipinski definition) is 6. The van der Waals surface area contributed by atoms with E-state index >= 15 is 0 Å². The Labute approximate surface area is 220 Å². The van der Waals surface area contributed by atoms with Crippen molar-refractivity contribution < 1.29 is 19.2 Å². The fourth-order valence-corrected chi connectivity index (χ4v) is 4.99. The van der Waals surface area contributed by atoms with Crippen LogP contribution in [0.15, 0.2) is 72.9 Å². The van der Waals surface area contributed by atoms with Gasteiger partial charge in [-0.2, -0.15) is 0 Å². The van der Waals surface area contributed by atoms with Crippen molar-refractivity contribution in [2.45, 2.75) is 19.4 Å². The van der Waals surface area contributed by atoms with Crippen molar-refractivity contribution in [3.8, 4) is 0 Å². The maximum absolute atomic E-state index is 12.5. The van der Waals surface area contributed by atoms with Gasteiger partial charge in [-0.05, 0) is 53.4 Å². The van der Waals surface area contributed by atoms with Gasteiger partial charge in [0, 0.05) is 46.5 Å². The first-order valence-electron chi connectivity index (χ1n) is 12.6. The number of aromatic amines is 1. The van der Waals surface area contributed by atoms with E-state index in [2.05, 4.69) is 27.3 Å². The number of nitro groups is 1. The Kier molecular flexibility index (Phi) is 7.55. The number of aromatic nitrogens is 1. The first-order chi connectivity index (χ1) is 18.5. The highest BCUT2D eigenvalue weighted by atomic mass is 16.6. The fourth-order valence-electron chi connectivity index (χ4n) is 4.99. The molecule has 2 heterocycles. The molecule has 1 aliphatic heterocycles. The minimum atomic E-state index is -0.581. The quantitative estimate of drug-likeness (QED) is 0.238. The molecule has 5 rings (SSSR count). The van der Waals surface area contributed by atoms with Crippen molar-refractivity contribution in [1.82, 2.24) is 4.98 Å². The van der Waals surface area contributed by atoms with Crippen LogP contribution in [0.2, 0.25) is 0 Å². The van der Waals surface area contributed by atoms with Gasteiger partial charge < -0.3 is 19.4 Å². The number of fused-ring (bicyclic) bond motifs is 1. The number of amides is 1. The number of carbonyl (C=O) groups excluding carboxylic acids is 1. The number of nitrogens with one attached hydrogen (secondary N) is 2. The molecule has 1 amide bonds. The van der Waals surface area contributed by atoms with E-state index in [1.165, 1.54) is 0 Å². The summed E-state index contributed by atoms with van der Waals surface area (Å²) in [6.07, 6.45) is 1.28. The molecule has 1 atom stereocenters. The summed E-state index contributed by atoms with van der Waals surface area (Å²) in [7, 11) is 0. The van der Waals surface area contributed by atoms with E-state index in [1.54, 1.807) is 12.1 Å². The summed E-state index contributed by atoms with van der Waals surface area (Å²) < 4.78 is 10.9. The van der Waals surface area contributed by atoms with Gasteiger partial charge in [-0.3, -0.25) is 15.4 Å². The van der Waals surface area contributed by atoms with Crippen LogP contribution in [0.25, 0.3) is 10.9 Å². The molecule has 1 aliphatic rings. The molecule has 1 aromatic heterocycles. The van der Waals surface area contributed by atoms with Crippen LogP contribution >= 0.6 is 0 Å². The average molecular weight is 515 g/mol. The second-order valence-corrected chi connectivity index (χ2v) is 9.35. The van der Waals surface area contributed by atoms with Gasteiger partial charge >= 0.3 is 6.09 Å². The van der Waals surface area contributed by atoms with Crippen LogP contribution in [0, 0.1) is 17.0 Å². The topological polar surface area (TPSA) is 110 Å². The van der Waals surface area contributed by atoms with Crippen molar-refractivity contribution in [3.63, 3.8) is 0 Å². The zero-order valence-corrected chi connectivity index (χ0v) is 21.2. The fraction of sp³-hybridized carbons (Fsp3) is 0.276. The molecule has 0 aliphatic carbocycles. The number of H-pyrrole nitrogens is 1. The smallest absolute Gasteiger partial charge is 0.411 e. The Hall–Kier alpha value is -4.37. The highest BCUT2D eigenvalue weighted by Gasteiger charge is 2.26. The van der Waals surface area contributed by atoms with Crippen molar-refractivity contribution in [1.29, 1.82) is 0 Å². The number of anilines is 2. The lowest BCUT2D eigenvalue weighted by Gasteiger charge is -2.29. The summed E-state index contributed by atoms with van der Waals surface area (Å²) in [5.74, 6) is -0.513. The lowest BCUT2D eigenvalue weighted by atomic mass is 9.87. The molecule has 9 heteroatoms. The number of hydrogen-bond donors (Lipinski definition) is 2. The lowest BCUT2D eigenvalue weighted by Crippen LogP contribution is -2.36. The molecule has 3 aromatic carbocycles. The predicted molar refractivity (Wildman–Crippen MR) is 146 cm³/mol. The minimum Gasteiger partial charge on any atom is -0.444 e. The molecule has 38 heavy (non-hydrogen) atoms. The van der Waals surface area contributed by atoms with Crippen molar-refractivity contribution in [2.75, 3.05) is 43.1 Å². The molecule has 1 saturated heterocycles. The Balaban J connectivity index is 1.43. The van der Waals surface area contributed by atoms with E-state index in [-0.39, 0.29) is 18.1 Å². The molecule has 2 N–H and O–H groups in total. The molecular formula is C29H30N4O5. The van der Waals surface area contributed by atoms with Gasteiger partial charge in [0.2, 0.25) is 6.54 Å². The average Bonchev–Trinajstić information content (AvgIpc) is 3.36. The normalized spacial score (nSPS) is 14.3. The van der Waals surface area contributed by atoms with E-state index < -0.39 is 12.0 Å². The molecule has 0 bridgehead atoms.